The number of nitrogens with two attached hydrogens (primary N) is 1. The van der Waals surface area contributed by atoms with Gasteiger partial charge in [-0.15, -0.1) is 0 Å². The van der Waals surface area contributed by atoms with Crippen molar-refractivity contribution in [3.8, 4) is 0 Å². The van der Waals surface area contributed by atoms with Gasteiger partial charge in [0, 0.05) is 13.2 Å². The van der Waals surface area contributed by atoms with Crippen molar-refractivity contribution in [3.05, 3.63) is 28.8 Å². The number of hydrogen-bond acceptors (Lipinski definition) is 3. The van der Waals surface area contributed by atoms with Crippen LogP contribution < -0.4 is 11.1 Å². The Labute approximate surface area is 119 Å². The highest BCUT2D eigenvalue weighted by Crippen LogP contribution is 2.22. The second-order valence-corrected chi connectivity index (χ2v) is 4.97. The van der Waals surface area contributed by atoms with E-state index < -0.39 is 0 Å². The van der Waals surface area contributed by atoms with Gasteiger partial charge in [-0.05, 0) is 38.8 Å². The number of rotatable bonds is 7. The van der Waals surface area contributed by atoms with Gasteiger partial charge in [0.1, 0.15) is 0 Å². The molecule has 1 aromatic carbocycles. The van der Waals surface area contributed by atoms with E-state index in [9.17, 15) is 4.79 Å². The van der Waals surface area contributed by atoms with Gasteiger partial charge in [-0.1, -0.05) is 17.7 Å². The lowest BCUT2D eigenvalue weighted by Gasteiger charge is -2.09. The van der Waals surface area contributed by atoms with Gasteiger partial charge >= 0.3 is 0 Å². The predicted octanol–water partition coefficient (Wildman–Crippen LogP) is 2.86. The first-order chi connectivity index (χ1) is 9.02. The molecule has 1 amide bonds. The molecule has 19 heavy (non-hydrogen) atoms. The van der Waals surface area contributed by atoms with Crippen molar-refractivity contribution in [2.75, 3.05) is 18.9 Å². The summed E-state index contributed by atoms with van der Waals surface area (Å²) in [5, 5.41) is 3.13. The average molecular weight is 285 g/mol. The van der Waals surface area contributed by atoms with E-state index in [0.29, 0.717) is 29.4 Å². The maximum Gasteiger partial charge on any atom is 0.252 e. The summed E-state index contributed by atoms with van der Waals surface area (Å²) in [5.41, 5.74) is 6.49. The lowest BCUT2D eigenvalue weighted by atomic mass is 10.2. The smallest absolute Gasteiger partial charge is 0.252 e. The number of nitrogen functional groups attached to an aromatic ring is 1. The molecule has 0 bridgehead atoms. The van der Waals surface area contributed by atoms with Gasteiger partial charge < -0.3 is 15.8 Å². The molecular formula is C14H21ClN2O2. The van der Waals surface area contributed by atoms with Crippen LogP contribution in [0.4, 0.5) is 5.69 Å². The monoisotopic (exact) mass is 284 g/mol. The first-order valence-electron chi connectivity index (χ1n) is 6.46. The van der Waals surface area contributed by atoms with Gasteiger partial charge in [0.25, 0.3) is 5.91 Å². The summed E-state index contributed by atoms with van der Waals surface area (Å²) in [6.07, 6.45) is 2.04. The third-order valence-corrected chi connectivity index (χ3v) is 3.00. The SMILES string of the molecule is CC(C)OCCCCNC(=O)c1cccc(N)c1Cl. The van der Waals surface area contributed by atoms with Crippen molar-refractivity contribution in [2.24, 2.45) is 0 Å². The van der Waals surface area contributed by atoms with Gasteiger partial charge in [-0.25, -0.2) is 0 Å². The zero-order valence-electron chi connectivity index (χ0n) is 11.4. The molecule has 3 N–H and O–H groups in total. The molecule has 0 aliphatic rings. The van der Waals surface area contributed by atoms with Crippen LogP contribution >= 0.6 is 11.6 Å². The molecule has 0 aliphatic heterocycles. The Balaban J connectivity index is 2.30. The molecule has 106 valence electrons. The van der Waals surface area contributed by atoms with E-state index in [-0.39, 0.29) is 12.0 Å². The topological polar surface area (TPSA) is 64.3 Å². The molecule has 0 atom stereocenters. The normalized spacial score (nSPS) is 10.7. The van der Waals surface area contributed by atoms with Crippen LogP contribution in [-0.2, 0) is 4.74 Å². The van der Waals surface area contributed by atoms with Crippen LogP contribution in [0.5, 0.6) is 0 Å². The van der Waals surface area contributed by atoms with Crippen molar-refractivity contribution in [3.63, 3.8) is 0 Å². The van der Waals surface area contributed by atoms with Crippen LogP contribution in [0.3, 0.4) is 0 Å². The fourth-order valence-electron chi connectivity index (χ4n) is 1.57. The van der Waals surface area contributed by atoms with Crippen molar-refractivity contribution in [1.29, 1.82) is 0 Å². The first kappa shape index (κ1) is 15.8. The Hall–Kier alpha value is -1.26. The van der Waals surface area contributed by atoms with E-state index in [2.05, 4.69) is 5.32 Å². The minimum absolute atomic E-state index is 0.193. The number of hydrogen-bond donors (Lipinski definition) is 2. The molecular weight excluding hydrogens is 264 g/mol. The molecule has 1 aromatic rings. The molecule has 5 heteroatoms. The summed E-state index contributed by atoms with van der Waals surface area (Å²) in [4.78, 5) is 11.9. The van der Waals surface area contributed by atoms with Crippen LogP contribution in [0, 0.1) is 0 Å². The average Bonchev–Trinajstić information content (AvgIpc) is 2.36. The maximum absolute atomic E-state index is 11.9. The number of amides is 1. The third-order valence-electron chi connectivity index (χ3n) is 2.58. The summed E-state index contributed by atoms with van der Waals surface area (Å²) < 4.78 is 5.42. The minimum Gasteiger partial charge on any atom is -0.398 e. The van der Waals surface area contributed by atoms with Gasteiger partial charge in [-0.2, -0.15) is 0 Å². The number of nitrogens with one attached hydrogen (secondary N) is 1. The summed E-state index contributed by atoms with van der Waals surface area (Å²) in [5.74, 6) is -0.193. The minimum atomic E-state index is -0.193. The largest absolute Gasteiger partial charge is 0.398 e. The number of halogens is 1. The highest BCUT2D eigenvalue weighted by molar-refractivity contribution is 6.36. The van der Waals surface area contributed by atoms with Gasteiger partial charge in [-0.3, -0.25) is 4.79 Å². The van der Waals surface area contributed by atoms with Gasteiger partial charge in [0.15, 0.2) is 0 Å². The zero-order valence-corrected chi connectivity index (χ0v) is 12.2. The summed E-state index contributed by atoms with van der Waals surface area (Å²) in [6, 6.07) is 5.05. The second kappa shape index (κ2) is 8.02. The fraction of sp³-hybridized carbons (Fsp3) is 0.500. The van der Waals surface area contributed by atoms with E-state index in [1.807, 2.05) is 13.8 Å². The number of carbonyl (C=O) groups is 1. The molecule has 0 spiro atoms. The van der Waals surface area contributed by atoms with Crippen LogP contribution in [0.2, 0.25) is 5.02 Å². The predicted molar refractivity (Wildman–Crippen MR) is 78.5 cm³/mol. The Morgan fingerprint density at radius 1 is 1.42 bits per heavy atom. The summed E-state index contributed by atoms with van der Waals surface area (Å²) >= 11 is 5.98. The van der Waals surface area contributed by atoms with Crippen LogP contribution in [-0.4, -0.2) is 25.2 Å². The molecule has 0 saturated heterocycles. The standard InChI is InChI=1S/C14H21ClN2O2/c1-10(2)19-9-4-3-8-17-14(18)11-6-5-7-12(16)13(11)15/h5-7,10H,3-4,8-9,16H2,1-2H3,(H,17,18). The fourth-order valence-corrected chi connectivity index (χ4v) is 1.78. The zero-order chi connectivity index (χ0) is 14.3. The van der Waals surface area contributed by atoms with Crippen LogP contribution in [0.25, 0.3) is 0 Å². The molecule has 4 nitrogen and oxygen atoms in total. The van der Waals surface area contributed by atoms with Crippen molar-refractivity contribution >= 4 is 23.2 Å². The molecule has 0 aliphatic carbocycles. The second-order valence-electron chi connectivity index (χ2n) is 4.59. The van der Waals surface area contributed by atoms with E-state index >= 15 is 0 Å². The van der Waals surface area contributed by atoms with E-state index in [4.69, 9.17) is 22.1 Å². The highest BCUT2D eigenvalue weighted by atomic mass is 35.5. The lowest BCUT2D eigenvalue weighted by Crippen LogP contribution is -2.25. The number of unbranched alkanes of at least 4 members (excludes halogenated alkanes) is 1. The number of carbonyl (C=O) groups excluding carboxylic acids is 1. The van der Waals surface area contributed by atoms with Gasteiger partial charge in [0.2, 0.25) is 0 Å². The maximum atomic E-state index is 11.9. The Kier molecular flexibility index (Phi) is 6.67. The Morgan fingerprint density at radius 3 is 2.84 bits per heavy atom. The Bertz CT molecular complexity index is 422. The molecule has 1 rings (SSSR count). The first-order valence-corrected chi connectivity index (χ1v) is 6.84. The number of benzene rings is 1. The third kappa shape index (κ3) is 5.49. The molecule has 0 radical (unpaired) electrons. The van der Waals surface area contributed by atoms with Gasteiger partial charge in [0.05, 0.1) is 22.4 Å². The Morgan fingerprint density at radius 2 is 2.16 bits per heavy atom. The van der Waals surface area contributed by atoms with E-state index in [1.165, 1.54) is 0 Å². The summed E-state index contributed by atoms with van der Waals surface area (Å²) in [7, 11) is 0. The molecule has 0 aromatic heterocycles. The highest BCUT2D eigenvalue weighted by Gasteiger charge is 2.11. The van der Waals surface area contributed by atoms with Crippen molar-refractivity contribution < 1.29 is 9.53 Å². The van der Waals surface area contributed by atoms with Crippen molar-refractivity contribution in [1.82, 2.24) is 5.32 Å². The van der Waals surface area contributed by atoms with Crippen LogP contribution in [0.1, 0.15) is 37.0 Å². The lowest BCUT2D eigenvalue weighted by molar-refractivity contribution is 0.0754. The molecule has 0 saturated carbocycles. The number of anilines is 1. The van der Waals surface area contributed by atoms with E-state index in [0.717, 1.165) is 12.8 Å². The molecule has 0 unspecified atom stereocenters. The molecule has 0 fully saturated rings. The van der Waals surface area contributed by atoms with E-state index in [1.54, 1.807) is 18.2 Å². The van der Waals surface area contributed by atoms with Crippen LogP contribution in [0.15, 0.2) is 18.2 Å². The van der Waals surface area contributed by atoms with Crippen molar-refractivity contribution in [2.45, 2.75) is 32.8 Å². The summed E-state index contributed by atoms with van der Waals surface area (Å²) in [6.45, 7) is 5.32. The number of ether oxygens (including phenoxy) is 1. The quantitative estimate of drug-likeness (QED) is 0.598. The molecule has 0 heterocycles.